The van der Waals surface area contributed by atoms with Gasteiger partial charge in [0.2, 0.25) is 0 Å². The summed E-state index contributed by atoms with van der Waals surface area (Å²) in [7, 11) is 0. The number of aromatic nitrogens is 1. The third kappa shape index (κ3) is 4.67. The second-order valence-corrected chi connectivity index (χ2v) is 9.28. The van der Waals surface area contributed by atoms with Gasteiger partial charge in [-0.3, -0.25) is 4.79 Å². The molecule has 0 aromatic carbocycles. The molecule has 1 fully saturated rings. The fraction of sp³-hybridized carbons (Fsp3) is 0.632. The van der Waals surface area contributed by atoms with E-state index in [0.29, 0.717) is 0 Å². The first-order chi connectivity index (χ1) is 12.7. The van der Waals surface area contributed by atoms with Crippen LogP contribution in [0.5, 0.6) is 0 Å². The van der Waals surface area contributed by atoms with Crippen LogP contribution in [0.1, 0.15) is 51.4 Å². The summed E-state index contributed by atoms with van der Waals surface area (Å²) in [6, 6.07) is 1.02. The summed E-state index contributed by atoms with van der Waals surface area (Å²) >= 11 is 5.82. The number of carboxylic acid groups (broad SMARTS) is 1. The molecule has 1 aliphatic rings. The molecule has 0 bridgehead atoms. The zero-order chi connectivity index (χ0) is 21.5. The molecule has 8 nitrogen and oxygen atoms in total. The average molecular weight is 415 g/mol. The van der Waals surface area contributed by atoms with Crippen LogP contribution in [0.25, 0.3) is 0 Å². The Labute approximate surface area is 168 Å². The predicted octanol–water partition coefficient (Wildman–Crippen LogP) is 2.60. The molecule has 0 spiro atoms. The van der Waals surface area contributed by atoms with Crippen LogP contribution in [0.4, 0.5) is 4.79 Å². The molecule has 28 heavy (non-hydrogen) atoms. The van der Waals surface area contributed by atoms with Crippen LogP contribution in [0.15, 0.2) is 17.1 Å². The summed E-state index contributed by atoms with van der Waals surface area (Å²) in [4.78, 5) is 37.5. The molecular weight excluding hydrogens is 388 g/mol. The first-order valence-electron chi connectivity index (χ1n) is 8.99. The molecule has 1 aromatic heterocycles. The van der Waals surface area contributed by atoms with Crippen LogP contribution in [-0.2, 0) is 11.3 Å². The van der Waals surface area contributed by atoms with Gasteiger partial charge in [0.05, 0.1) is 22.7 Å². The van der Waals surface area contributed by atoms with E-state index in [-0.39, 0.29) is 36.6 Å². The minimum atomic E-state index is -1.33. The van der Waals surface area contributed by atoms with Crippen LogP contribution in [0.2, 0.25) is 5.02 Å². The highest BCUT2D eigenvalue weighted by atomic mass is 35.5. The van der Waals surface area contributed by atoms with Crippen molar-refractivity contribution in [2.45, 2.75) is 58.8 Å². The zero-order valence-corrected chi connectivity index (χ0v) is 17.5. The molecule has 1 saturated heterocycles. The lowest BCUT2D eigenvalue weighted by molar-refractivity contribution is -0.126. The maximum atomic E-state index is 12.4. The van der Waals surface area contributed by atoms with Gasteiger partial charge in [-0.2, -0.15) is 0 Å². The molecule has 0 aliphatic carbocycles. The van der Waals surface area contributed by atoms with Crippen molar-refractivity contribution in [2.24, 2.45) is 5.41 Å². The van der Waals surface area contributed by atoms with Gasteiger partial charge in [0.1, 0.15) is 5.60 Å². The minimum Gasteiger partial charge on any atom is -0.478 e. The number of halogens is 1. The largest absolute Gasteiger partial charge is 0.478 e. The monoisotopic (exact) mass is 414 g/mol. The van der Waals surface area contributed by atoms with Gasteiger partial charge >= 0.3 is 12.1 Å². The van der Waals surface area contributed by atoms with Crippen molar-refractivity contribution in [3.63, 3.8) is 0 Å². The number of piperidine rings is 1. The number of pyridine rings is 1. The average Bonchev–Trinajstić information content (AvgIpc) is 2.50. The number of aliphatic hydroxyl groups is 1. The van der Waals surface area contributed by atoms with Gasteiger partial charge in [0.25, 0.3) is 5.56 Å². The number of carboxylic acids is 1. The van der Waals surface area contributed by atoms with Crippen molar-refractivity contribution in [3.05, 3.63) is 33.2 Å². The summed E-state index contributed by atoms with van der Waals surface area (Å²) < 4.78 is 6.55. The lowest BCUT2D eigenvalue weighted by Crippen LogP contribution is -2.61. The summed E-state index contributed by atoms with van der Waals surface area (Å²) in [6.07, 6.45) is 0.886. The van der Waals surface area contributed by atoms with E-state index in [1.165, 1.54) is 4.90 Å². The maximum Gasteiger partial charge on any atom is 0.410 e. The van der Waals surface area contributed by atoms with E-state index < -0.39 is 34.2 Å². The standard InChI is InChI=1S/C19H27ClN2O6/c1-17(2,3)28-16(26)21-7-6-19(27,18(4,5)10-21)11-22-9-12(15(24)25)13(20)8-14(22)23/h8-9,27H,6-7,10-11H2,1-5H3,(H,24,25)/t19-/m0/s1. The Kier molecular flexibility index (Phi) is 5.88. The van der Waals surface area contributed by atoms with Crippen LogP contribution in [0, 0.1) is 5.41 Å². The van der Waals surface area contributed by atoms with Crippen molar-refractivity contribution < 1.29 is 24.5 Å². The van der Waals surface area contributed by atoms with E-state index in [2.05, 4.69) is 0 Å². The molecule has 0 radical (unpaired) electrons. The van der Waals surface area contributed by atoms with Crippen LogP contribution >= 0.6 is 11.6 Å². The number of hydrogen-bond acceptors (Lipinski definition) is 5. The Hall–Kier alpha value is -2.06. The number of aromatic carboxylic acids is 1. The van der Waals surface area contributed by atoms with Gasteiger partial charge in [-0.1, -0.05) is 25.4 Å². The Morgan fingerprint density at radius 3 is 2.43 bits per heavy atom. The molecule has 0 saturated carbocycles. The van der Waals surface area contributed by atoms with Gasteiger partial charge in [0.15, 0.2) is 0 Å². The van der Waals surface area contributed by atoms with Gasteiger partial charge < -0.3 is 24.4 Å². The SMILES string of the molecule is CC(C)(C)OC(=O)N1CC[C@](O)(Cn2cc(C(=O)O)c(Cl)cc2=O)C(C)(C)C1. The molecule has 2 heterocycles. The first-order valence-corrected chi connectivity index (χ1v) is 9.37. The Balaban J connectivity index is 2.26. The maximum absolute atomic E-state index is 12.4. The molecule has 1 amide bonds. The summed E-state index contributed by atoms with van der Waals surface area (Å²) in [5.41, 5.74) is -3.45. The van der Waals surface area contributed by atoms with Crippen molar-refractivity contribution in [3.8, 4) is 0 Å². The molecule has 1 atom stereocenters. The minimum absolute atomic E-state index is 0.113. The summed E-state index contributed by atoms with van der Waals surface area (Å²) in [5, 5.41) is 20.4. The van der Waals surface area contributed by atoms with Gasteiger partial charge in [-0.15, -0.1) is 0 Å². The molecule has 2 N–H and O–H groups in total. The smallest absolute Gasteiger partial charge is 0.410 e. The molecule has 9 heteroatoms. The van der Waals surface area contributed by atoms with E-state index in [4.69, 9.17) is 16.3 Å². The Bertz CT molecular complexity index is 842. The second-order valence-electron chi connectivity index (χ2n) is 8.87. The molecule has 0 unspecified atom stereocenters. The molecule has 156 valence electrons. The molecule has 1 aliphatic heterocycles. The lowest BCUT2D eigenvalue weighted by atomic mass is 9.70. The number of carbonyl (C=O) groups is 2. The van der Waals surface area contributed by atoms with Crippen LogP contribution in [-0.4, -0.2) is 56.0 Å². The fourth-order valence-electron chi connectivity index (χ4n) is 3.25. The first kappa shape index (κ1) is 22.2. The van der Waals surface area contributed by atoms with Gasteiger partial charge in [0, 0.05) is 30.8 Å². The third-order valence-corrected chi connectivity index (χ3v) is 5.34. The van der Waals surface area contributed by atoms with Crippen molar-refractivity contribution in [1.82, 2.24) is 9.47 Å². The molecule has 2 rings (SSSR count). The number of carbonyl (C=O) groups excluding carboxylic acids is 1. The highest BCUT2D eigenvalue weighted by Crippen LogP contribution is 2.40. The normalized spacial score (nSPS) is 22.0. The fourth-order valence-corrected chi connectivity index (χ4v) is 3.47. The number of likely N-dealkylation sites (tertiary alicyclic amines) is 1. The van der Waals surface area contributed by atoms with E-state index in [1.807, 2.05) is 0 Å². The van der Waals surface area contributed by atoms with E-state index in [0.717, 1.165) is 16.8 Å². The van der Waals surface area contributed by atoms with Gasteiger partial charge in [-0.05, 0) is 27.2 Å². The van der Waals surface area contributed by atoms with Crippen LogP contribution in [0.3, 0.4) is 0 Å². The van der Waals surface area contributed by atoms with Gasteiger partial charge in [-0.25, -0.2) is 9.59 Å². The van der Waals surface area contributed by atoms with Crippen LogP contribution < -0.4 is 5.56 Å². The number of ether oxygens (including phenoxy) is 1. The van der Waals surface area contributed by atoms with E-state index in [9.17, 15) is 24.6 Å². The zero-order valence-electron chi connectivity index (χ0n) is 16.8. The topological polar surface area (TPSA) is 109 Å². The molecule has 1 aromatic rings. The highest BCUT2D eigenvalue weighted by Gasteiger charge is 2.49. The van der Waals surface area contributed by atoms with E-state index in [1.54, 1.807) is 34.6 Å². The quantitative estimate of drug-likeness (QED) is 0.786. The highest BCUT2D eigenvalue weighted by molar-refractivity contribution is 6.33. The van der Waals surface area contributed by atoms with E-state index >= 15 is 0 Å². The summed E-state index contributed by atoms with van der Waals surface area (Å²) in [6.45, 7) is 9.30. The number of amides is 1. The Morgan fingerprint density at radius 1 is 1.32 bits per heavy atom. The number of nitrogens with zero attached hydrogens (tertiary/aromatic N) is 2. The predicted molar refractivity (Wildman–Crippen MR) is 104 cm³/mol. The second kappa shape index (κ2) is 7.40. The number of hydrogen-bond donors (Lipinski definition) is 2. The lowest BCUT2D eigenvalue weighted by Gasteiger charge is -2.50. The van der Waals surface area contributed by atoms with Crippen molar-refractivity contribution >= 4 is 23.7 Å². The Morgan fingerprint density at radius 2 is 1.93 bits per heavy atom. The van der Waals surface area contributed by atoms with Crippen molar-refractivity contribution in [1.29, 1.82) is 0 Å². The van der Waals surface area contributed by atoms with Crippen molar-refractivity contribution in [2.75, 3.05) is 13.1 Å². The summed E-state index contributed by atoms with van der Waals surface area (Å²) in [5.74, 6) is -1.26. The molecular formula is C19H27ClN2O6. The third-order valence-electron chi connectivity index (χ3n) is 5.03. The number of rotatable bonds is 3.